The Labute approximate surface area is 192 Å². The van der Waals surface area contributed by atoms with E-state index in [0.29, 0.717) is 43.9 Å². The van der Waals surface area contributed by atoms with Crippen LogP contribution in [0.15, 0.2) is 66.5 Å². The number of ether oxygens (including phenoxy) is 1. The first kappa shape index (κ1) is 24.4. The lowest BCUT2D eigenvalue weighted by molar-refractivity contribution is -0.137. The van der Waals surface area contributed by atoms with Gasteiger partial charge in [0, 0.05) is 30.8 Å². The van der Waals surface area contributed by atoms with Gasteiger partial charge in [0.05, 0.1) is 5.56 Å². The van der Waals surface area contributed by atoms with Crippen LogP contribution in [0.1, 0.15) is 49.8 Å². The molecular weight excluding hydrogens is 429 g/mol. The van der Waals surface area contributed by atoms with E-state index >= 15 is 0 Å². The van der Waals surface area contributed by atoms with E-state index in [-0.39, 0.29) is 5.91 Å². The molecule has 0 fully saturated rings. The number of hydrogen-bond acceptors (Lipinski definition) is 3. The Balaban J connectivity index is 1.62. The molecule has 0 saturated carbocycles. The third-order valence-electron chi connectivity index (χ3n) is 5.56. The summed E-state index contributed by atoms with van der Waals surface area (Å²) in [6.07, 6.45) is 4.16. The van der Waals surface area contributed by atoms with Gasteiger partial charge in [0.1, 0.15) is 11.5 Å². The smallest absolute Gasteiger partial charge is 0.416 e. The lowest BCUT2D eigenvalue weighted by Gasteiger charge is -2.30. The van der Waals surface area contributed by atoms with Crippen LogP contribution in [0.25, 0.3) is 0 Å². The highest BCUT2D eigenvalue weighted by Crippen LogP contribution is 2.34. The van der Waals surface area contributed by atoms with Gasteiger partial charge in [-0.25, -0.2) is 0 Å². The zero-order valence-corrected chi connectivity index (χ0v) is 18.9. The summed E-state index contributed by atoms with van der Waals surface area (Å²) in [4.78, 5) is 14.6. The van der Waals surface area contributed by atoms with Gasteiger partial charge in [0.15, 0.2) is 0 Å². The number of nitrogens with zero attached hydrogens (tertiary/aromatic N) is 1. The molecule has 0 aliphatic carbocycles. The lowest BCUT2D eigenvalue weighted by atomic mass is 9.98. The molecule has 0 unspecified atom stereocenters. The number of fused-ring (bicyclic) bond motifs is 1. The number of carbonyl (C=O) groups excluding carboxylic acids is 1. The molecule has 7 heteroatoms. The van der Waals surface area contributed by atoms with Crippen LogP contribution in [0.2, 0.25) is 0 Å². The number of allylic oxidation sites excluding steroid dienone is 3. The van der Waals surface area contributed by atoms with Crippen molar-refractivity contribution in [1.29, 1.82) is 0 Å². The fourth-order valence-corrected chi connectivity index (χ4v) is 3.71. The minimum absolute atomic E-state index is 0.0929. The number of alkyl halides is 3. The summed E-state index contributed by atoms with van der Waals surface area (Å²) in [7, 11) is 0. The number of benzene rings is 2. The molecule has 0 radical (unpaired) electrons. The van der Waals surface area contributed by atoms with Crippen LogP contribution in [-0.4, -0.2) is 17.4 Å². The van der Waals surface area contributed by atoms with E-state index in [1.807, 2.05) is 48.4 Å². The first-order valence-electron chi connectivity index (χ1n) is 11.1. The maximum atomic E-state index is 12.8. The highest BCUT2D eigenvalue weighted by atomic mass is 19.4. The average molecular weight is 459 g/mol. The zero-order chi connectivity index (χ0) is 23.8. The number of carbonyl (C=O) groups is 1. The fraction of sp³-hybridized carbons (Fsp3) is 0.346. The second kappa shape index (κ2) is 11.1. The van der Waals surface area contributed by atoms with Gasteiger partial charge in [-0.05, 0) is 68.3 Å². The molecular formula is C26H29F3N2O2. The Hall–Kier alpha value is -3.22. The van der Waals surface area contributed by atoms with Crippen LogP contribution in [-0.2, 0) is 23.9 Å². The van der Waals surface area contributed by atoms with Gasteiger partial charge in [-0.15, -0.1) is 0 Å². The van der Waals surface area contributed by atoms with Crippen molar-refractivity contribution in [3.63, 3.8) is 0 Å². The Morgan fingerprint density at radius 2 is 1.91 bits per heavy atom. The normalized spacial score (nSPS) is 14.3. The van der Waals surface area contributed by atoms with Crippen LogP contribution in [0.5, 0.6) is 11.5 Å². The van der Waals surface area contributed by atoms with Crippen molar-refractivity contribution in [3.8, 4) is 11.5 Å². The van der Waals surface area contributed by atoms with E-state index in [2.05, 4.69) is 12.2 Å². The largest absolute Gasteiger partial charge is 0.457 e. The van der Waals surface area contributed by atoms with E-state index in [1.54, 1.807) is 0 Å². The molecule has 1 amide bonds. The zero-order valence-electron chi connectivity index (χ0n) is 18.9. The average Bonchev–Trinajstić information content (AvgIpc) is 2.80. The molecule has 0 bridgehead atoms. The molecule has 176 valence electrons. The van der Waals surface area contributed by atoms with Crippen LogP contribution in [0.4, 0.5) is 13.2 Å². The van der Waals surface area contributed by atoms with Crippen LogP contribution < -0.4 is 10.1 Å². The topological polar surface area (TPSA) is 41.6 Å². The minimum atomic E-state index is -4.38. The highest BCUT2D eigenvalue weighted by Gasteiger charge is 2.30. The number of nitrogens with one attached hydrogen (secondary N) is 1. The van der Waals surface area contributed by atoms with Crippen molar-refractivity contribution >= 4 is 5.91 Å². The summed E-state index contributed by atoms with van der Waals surface area (Å²) in [5.74, 6) is 1.05. The SMILES string of the molecule is C/C=C(/CCC(=O)N1CCc2c(cccc2Oc2ccc(C(F)(F)F)cc2)C1)N/C=C/CC. The molecule has 0 spiro atoms. The summed E-state index contributed by atoms with van der Waals surface area (Å²) in [5, 5.41) is 3.22. The van der Waals surface area contributed by atoms with Crippen molar-refractivity contribution in [2.24, 2.45) is 0 Å². The molecule has 4 nitrogen and oxygen atoms in total. The second-order valence-electron chi connectivity index (χ2n) is 7.85. The quantitative estimate of drug-likeness (QED) is 0.486. The minimum Gasteiger partial charge on any atom is -0.457 e. The molecule has 0 aromatic heterocycles. The maximum Gasteiger partial charge on any atom is 0.416 e. The molecule has 1 aliphatic heterocycles. The first-order chi connectivity index (χ1) is 15.8. The third-order valence-corrected chi connectivity index (χ3v) is 5.56. The predicted octanol–water partition coefficient (Wildman–Crippen LogP) is 6.58. The van der Waals surface area contributed by atoms with Gasteiger partial charge < -0.3 is 15.0 Å². The van der Waals surface area contributed by atoms with Crippen molar-refractivity contribution in [2.75, 3.05) is 6.54 Å². The third kappa shape index (κ3) is 6.63. The second-order valence-corrected chi connectivity index (χ2v) is 7.85. The monoisotopic (exact) mass is 458 g/mol. The summed E-state index contributed by atoms with van der Waals surface area (Å²) in [6, 6.07) is 10.3. The van der Waals surface area contributed by atoms with Gasteiger partial charge in [-0.3, -0.25) is 4.79 Å². The molecule has 3 rings (SSSR count). The summed E-state index contributed by atoms with van der Waals surface area (Å²) >= 11 is 0. The Morgan fingerprint density at radius 3 is 2.58 bits per heavy atom. The highest BCUT2D eigenvalue weighted by molar-refractivity contribution is 5.77. The Bertz CT molecular complexity index is 1010. The lowest BCUT2D eigenvalue weighted by Crippen LogP contribution is -2.36. The van der Waals surface area contributed by atoms with Crippen molar-refractivity contribution < 1.29 is 22.7 Å². The molecule has 2 aromatic carbocycles. The summed E-state index contributed by atoms with van der Waals surface area (Å²) < 4.78 is 44.2. The van der Waals surface area contributed by atoms with Crippen molar-refractivity contribution in [1.82, 2.24) is 10.2 Å². The van der Waals surface area contributed by atoms with Gasteiger partial charge in [0.2, 0.25) is 5.91 Å². The van der Waals surface area contributed by atoms with Crippen LogP contribution in [0.3, 0.4) is 0 Å². The van der Waals surface area contributed by atoms with Gasteiger partial charge in [-0.1, -0.05) is 31.2 Å². The van der Waals surface area contributed by atoms with E-state index < -0.39 is 11.7 Å². The van der Waals surface area contributed by atoms with Crippen molar-refractivity contribution in [3.05, 3.63) is 83.2 Å². The van der Waals surface area contributed by atoms with E-state index in [0.717, 1.165) is 35.4 Å². The number of halogens is 3. The predicted molar refractivity (Wildman–Crippen MR) is 123 cm³/mol. The molecule has 1 aliphatic rings. The number of rotatable bonds is 8. The van der Waals surface area contributed by atoms with Crippen LogP contribution in [0, 0.1) is 0 Å². The first-order valence-corrected chi connectivity index (χ1v) is 11.1. The van der Waals surface area contributed by atoms with E-state index in [1.165, 1.54) is 12.1 Å². The van der Waals surface area contributed by atoms with E-state index in [9.17, 15) is 18.0 Å². The maximum absolute atomic E-state index is 12.8. The molecule has 33 heavy (non-hydrogen) atoms. The summed E-state index contributed by atoms with van der Waals surface area (Å²) in [6.45, 7) is 5.08. The standard InChI is InChI=1S/C26H29F3N2O2/c1-3-5-16-30-21(4-2)11-14-25(32)31-17-15-23-19(18-31)7-6-8-24(23)33-22-12-9-20(10-13-22)26(27,28)29/h4-10,12-13,16,30H,3,11,14-15,17-18H2,1-2H3/b16-5+,21-4-. The molecule has 0 atom stereocenters. The van der Waals surface area contributed by atoms with Gasteiger partial charge >= 0.3 is 6.18 Å². The molecule has 1 N–H and O–H groups in total. The Morgan fingerprint density at radius 1 is 1.15 bits per heavy atom. The molecule has 1 heterocycles. The molecule has 0 saturated heterocycles. The summed E-state index contributed by atoms with van der Waals surface area (Å²) in [5.41, 5.74) is 2.28. The van der Waals surface area contributed by atoms with Crippen LogP contribution >= 0.6 is 0 Å². The van der Waals surface area contributed by atoms with Gasteiger partial charge in [0.25, 0.3) is 0 Å². The van der Waals surface area contributed by atoms with Crippen molar-refractivity contribution in [2.45, 2.75) is 52.3 Å². The Kier molecular flexibility index (Phi) is 8.20. The molecule has 2 aromatic rings. The van der Waals surface area contributed by atoms with E-state index in [4.69, 9.17) is 4.74 Å². The number of amides is 1. The van der Waals surface area contributed by atoms with Gasteiger partial charge in [-0.2, -0.15) is 13.2 Å². The fourth-order valence-electron chi connectivity index (χ4n) is 3.71. The number of hydrogen-bond donors (Lipinski definition) is 1.